The molecule has 0 aromatic rings. The summed E-state index contributed by atoms with van der Waals surface area (Å²) < 4.78 is 0. The van der Waals surface area contributed by atoms with E-state index in [0.29, 0.717) is 15.6 Å². The Balaban J connectivity index is 3.46. The molecule has 0 unspecified atom stereocenters. The monoisotopic (exact) mass is 242 g/mol. The van der Waals surface area contributed by atoms with E-state index in [4.69, 9.17) is 0 Å². The molecule has 0 radical (unpaired) electrons. The highest BCUT2D eigenvalue weighted by Gasteiger charge is 2.13. The largest absolute Gasteiger partial charge is 0.0881 e. The van der Waals surface area contributed by atoms with E-state index in [1.807, 2.05) is 0 Å². The fourth-order valence-electron chi connectivity index (χ4n) is 0.530. The number of halogens is 2. The fraction of sp³-hybridized carbons (Fsp3) is 1.00. The first-order valence-electron chi connectivity index (χ1n) is 2.84. The summed E-state index contributed by atoms with van der Waals surface area (Å²) in [5, 5.41) is 0. The first kappa shape index (κ1) is 8.96. The molecule has 0 spiro atoms. The van der Waals surface area contributed by atoms with Gasteiger partial charge in [-0.2, -0.15) is 0 Å². The van der Waals surface area contributed by atoms with Gasteiger partial charge in [-0.15, -0.1) is 0 Å². The summed E-state index contributed by atoms with van der Waals surface area (Å²) in [4.78, 5) is 1.17. The Labute approximate surface area is 68.3 Å². The number of hydrogen-bond acceptors (Lipinski definition) is 0. The topological polar surface area (TPSA) is 0 Å². The zero-order valence-electron chi connectivity index (χ0n) is 5.49. The zero-order chi connectivity index (χ0) is 6.73. The summed E-state index contributed by atoms with van der Waals surface area (Å²) in [6.07, 6.45) is 0. The normalized spacial score (nSPS) is 18.8. The third-order valence-electron chi connectivity index (χ3n) is 1.08. The Morgan fingerprint density at radius 3 is 1.38 bits per heavy atom. The van der Waals surface area contributed by atoms with Crippen molar-refractivity contribution in [3.05, 3.63) is 0 Å². The van der Waals surface area contributed by atoms with Crippen molar-refractivity contribution in [1.29, 1.82) is 0 Å². The standard InChI is InChI=1S/C6H12Br2/c1-4(2)6(8)5(3)7/h4-6H,1-3H3/t5-,6-/m0/s1. The van der Waals surface area contributed by atoms with Crippen molar-refractivity contribution in [2.24, 2.45) is 5.92 Å². The maximum Gasteiger partial charge on any atom is 0.0291 e. The van der Waals surface area contributed by atoms with Gasteiger partial charge in [-0.25, -0.2) is 0 Å². The molecule has 0 heterocycles. The van der Waals surface area contributed by atoms with Crippen molar-refractivity contribution in [3.63, 3.8) is 0 Å². The van der Waals surface area contributed by atoms with E-state index in [1.54, 1.807) is 0 Å². The van der Waals surface area contributed by atoms with Crippen LogP contribution in [-0.2, 0) is 0 Å². The van der Waals surface area contributed by atoms with Gasteiger partial charge in [-0.05, 0) is 5.92 Å². The van der Waals surface area contributed by atoms with E-state index < -0.39 is 0 Å². The summed E-state index contributed by atoms with van der Waals surface area (Å²) in [6, 6.07) is 0. The Kier molecular flexibility index (Phi) is 4.35. The lowest BCUT2D eigenvalue weighted by Crippen LogP contribution is -2.16. The molecule has 0 nitrogen and oxygen atoms in total. The summed E-state index contributed by atoms with van der Waals surface area (Å²) in [6.45, 7) is 6.56. The highest BCUT2D eigenvalue weighted by atomic mass is 79.9. The van der Waals surface area contributed by atoms with E-state index >= 15 is 0 Å². The molecule has 0 aliphatic heterocycles. The molecule has 0 aromatic carbocycles. The number of alkyl halides is 2. The molecule has 0 saturated heterocycles. The van der Waals surface area contributed by atoms with E-state index in [-0.39, 0.29) is 0 Å². The molecule has 0 N–H and O–H groups in total. The summed E-state index contributed by atoms with van der Waals surface area (Å²) in [7, 11) is 0. The lowest BCUT2D eigenvalue weighted by molar-refractivity contribution is 0.615. The minimum Gasteiger partial charge on any atom is -0.0881 e. The summed E-state index contributed by atoms with van der Waals surface area (Å²) in [5.74, 6) is 0.712. The Hall–Kier alpha value is 0.960. The van der Waals surface area contributed by atoms with Crippen LogP contribution in [0.15, 0.2) is 0 Å². The van der Waals surface area contributed by atoms with Crippen LogP contribution in [0.3, 0.4) is 0 Å². The molecular weight excluding hydrogens is 232 g/mol. The third kappa shape index (κ3) is 3.08. The molecule has 0 bridgehead atoms. The molecule has 0 aliphatic carbocycles. The van der Waals surface area contributed by atoms with Gasteiger partial charge in [0.15, 0.2) is 0 Å². The van der Waals surface area contributed by atoms with Crippen LogP contribution in [0, 0.1) is 5.92 Å². The predicted molar refractivity (Wildman–Crippen MR) is 45.9 cm³/mol. The van der Waals surface area contributed by atoms with E-state index in [2.05, 4.69) is 52.6 Å². The summed E-state index contributed by atoms with van der Waals surface area (Å²) >= 11 is 7.05. The molecule has 50 valence electrons. The van der Waals surface area contributed by atoms with Crippen molar-refractivity contribution in [2.45, 2.75) is 30.4 Å². The molecule has 0 aliphatic rings. The Morgan fingerprint density at radius 1 is 1.00 bits per heavy atom. The molecular formula is C6H12Br2. The molecule has 2 heteroatoms. The second kappa shape index (κ2) is 3.89. The van der Waals surface area contributed by atoms with Crippen LogP contribution in [0.5, 0.6) is 0 Å². The van der Waals surface area contributed by atoms with Crippen LogP contribution in [-0.4, -0.2) is 9.65 Å². The molecule has 0 rings (SSSR count). The van der Waals surface area contributed by atoms with Crippen molar-refractivity contribution in [2.75, 3.05) is 0 Å². The lowest BCUT2D eigenvalue weighted by atomic mass is 10.1. The first-order chi connectivity index (χ1) is 3.55. The summed E-state index contributed by atoms with van der Waals surface area (Å²) in [5.41, 5.74) is 0. The van der Waals surface area contributed by atoms with Crippen LogP contribution in [0.25, 0.3) is 0 Å². The maximum absolute atomic E-state index is 3.56. The second-order valence-corrected chi connectivity index (χ2v) is 4.87. The van der Waals surface area contributed by atoms with Gasteiger partial charge in [-0.3, -0.25) is 0 Å². The highest BCUT2D eigenvalue weighted by Crippen LogP contribution is 2.20. The average Bonchev–Trinajstić information content (AvgIpc) is 1.64. The predicted octanol–water partition coefficient (Wildman–Crippen LogP) is 3.19. The highest BCUT2D eigenvalue weighted by molar-refractivity contribution is 9.12. The molecule has 2 atom stereocenters. The van der Waals surface area contributed by atoms with Crippen LogP contribution >= 0.6 is 31.9 Å². The molecule has 0 saturated carbocycles. The minimum absolute atomic E-state index is 0.572. The molecule has 8 heavy (non-hydrogen) atoms. The minimum atomic E-state index is 0.572. The van der Waals surface area contributed by atoms with E-state index in [9.17, 15) is 0 Å². The van der Waals surface area contributed by atoms with Gasteiger partial charge < -0.3 is 0 Å². The van der Waals surface area contributed by atoms with Crippen LogP contribution < -0.4 is 0 Å². The van der Waals surface area contributed by atoms with Crippen molar-refractivity contribution >= 4 is 31.9 Å². The van der Waals surface area contributed by atoms with Crippen molar-refractivity contribution < 1.29 is 0 Å². The maximum atomic E-state index is 3.56. The first-order valence-corrected chi connectivity index (χ1v) is 4.67. The van der Waals surface area contributed by atoms with Gasteiger partial charge in [0.05, 0.1) is 0 Å². The smallest absolute Gasteiger partial charge is 0.0291 e. The third-order valence-corrected chi connectivity index (χ3v) is 4.20. The lowest BCUT2D eigenvalue weighted by Gasteiger charge is -2.15. The molecule has 0 fully saturated rings. The van der Waals surface area contributed by atoms with Crippen molar-refractivity contribution in [3.8, 4) is 0 Å². The fourth-order valence-corrected chi connectivity index (χ4v) is 1.14. The number of hydrogen-bond donors (Lipinski definition) is 0. The SMILES string of the molecule is CC(C)[C@H](Br)[C@H](C)Br. The molecule has 0 aromatic heterocycles. The Bertz CT molecular complexity index is 51.5. The van der Waals surface area contributed by atoms with Gasteiger partial charge >= 0.3 is 0 Å². The van der Waals surface area contributed by atoms with E-state index in [1.165, 1.54) is 0 Å². The molecule has 0 amide bonds. The van der Waals surface area contributed by atoms with Crippen LogP contribution in [0.2, 0.25) is 0 Å². The van der Waals surface area contributed by atoms with Crippen molar-refractivity contribution in [1.82, 2.24) is 0 Å². The average molecular weight is 244 g/mol. The van der Waals surface area contributed by atoms with Gasteiger partial charge in [0.1, 0.15) is 0 Å². The Morgan fingerprint density at radius 2 is 1.38 bits per heavy atom. The van der Waals surface area contributed by atoms with Gasteiger partial charge in [0.25, 0.3) is 0 Å². The van der Waals surface area contributed by atoms with Gasteiger partial charge in [-0.1, -0.05) is 52.6 Å². The van der Waals surface area contributed by atoms with Gasteiger partial charge in [0.2, 0.25) is 0 Å². The van der Waals surface area contributed by atoms with Crippen LogP contribution in [0.1, 0.15) is 20.8 Å². The van der Waals surface area contributed by atoms with Crippen LogP contribution in [0.4, 0.5) is 0 Å². The van der Waals surface area contributed by atoms with Gasteiger partial charge in [0, 0.05) is 9.65 Å². The number of rotatable bonds is 2. The van der Waals surface area contributed by atoms with E-state index in [0.717, 1.165) is 0 Å². The second-order valence-electron chi connectivity index (χ2n) is 2.37. The zero-order valence-corrected chi connectivity index (χ0v) is 8.66. The quantitative estimate of drug-likeness (QED) is 0.654.